The molecule has 0 radical (unpaired) electrons. The molecule has 3 aromatic rings. The number of thiazole rings is 1. The molecule has 0 amide bonds. The maximum absolute atomic E-state index is 13.1. The predicted molar refractivity (Wildman–Crippen MR) is 68.1 cm³/mol. The Bertz CT molecular complexity index is 648. The predicted octanol–water partition coefficient (Wildman–Crippen LogP) is 2.81. The highest BCUT2D eigenvalue weighted by Gasteiger charge is 2.12. The average Bonchev–Trinajstić information content (AvgIpc) is 2.89. The van der Waals surface area contributed by atoms with E-state index in [1.165, 1.54) is 12.1 Å². The average molecular weight is 262 g/mol. The van der Waals surface area contributed by atoms with E-state index in [9.17, 15) is 9.50 Å². The molecule has 0 aliphatic heterocycles. The molecule has 92 valence electrons. The lowest BCUT2D eigenvalue weighted by molar-refractivity contribution is 0.177. The molecular formula is C13H11FN2OS. The molecule has 2 heterocycles. The number of rotatable bonds is 3. The van der Waals surface area contributed by atoms with Crippen molar-refractivity contribution >= 4 is 16.3 Å². The van der Waals surface area contributed by atoms with Gasteiger partial charge >= 0.3 is 0 Å². The summed E-state index contributed by atoms with van der Waals surface area (Å²) in [6.07, 6.45) is 3.46. The first-order valence-corrected chi connectivity index (χ1v) is 6.45. The van der Waals surface area contributed by atoms with E-state index < -0.39 is 6.10 Å². The molecule has 5 heteroatoms. The van der Waals surface area contributed by atoms with Gasteiger partial charge < -0.3 is 5.11 Å². The van der Waals surface area contributed by atoms with Gasteiger partial charge in [-0.1, -0.05) is 12.1 Å². The van der Waals surface area contributed by atoms with Crippen LogP contribution >= 0.6 is 11.3 Å². The zero-order valence-corrected chi connectivity index (χ0v) is 10.3. The maximum Gasteiger partial charge on any atom is 0.193 e. The minimum atomic E-state index is -0.731. The molecule has 1 aromatic carbocycles. The largest absolute Gasteiger partial charge is 0.388 e. The van der Waals surface area contributed by atoms with Crippen LogP contribution in [0, 0.1) is 5.82 Å². The second-order valence-electron chi connectivity index (χ2n) is 4.10. The van der Waals surface area contributed by atoms with Gasteiger partial charge in [0.05, 0.1) is 11.8 Å². The Balaban J connectivity index is 1.81. The molecular weight excluding hydrogens is 251 g/mol. The first-order valence-electron chi connectivity index (χ1n) is 5.57. The third-order valence-corrected chi connectivity index (χ3v) is 3.55. The van der Waals surface area contributed by atoms with Crippen molar-refractivity contribution in [3.8, 4) is 0 Å². The van der Waals surface area contributed by atoms with Gasteiger partial charge in [0.1, 0.15) is 5.82 Å². The first kappa shape index (κ1) is 11.4. The first-order chi connectivity index (χ1) is 8.72. The van der Waals surface area contributed by atoms with Crippen LogP contribution in [-0.2, 0) is 6.42 Å². The van der Waals surface area contributed by atoms with Crippen LogP contribution in [0.2, 0.25) is 0 Å². The lowest BCUT2D eigenvalue weighted by atomic mass is 10.1. The highest BCUT2D eigenvalue weighted by Crippen LogP contribution is 2.20. The third kappa shape index (κ3) is 2.14. The molecule has 3 rings (SSSR count). The minimum Gasteiger partial charge on any atom is -0.388 e. The van der Waals surface area contributed by atoms with Crippen molar-refractivity contribution < 1.29 is 9.50 Å². The van der Waals surface area contributed by atoms with Gasteiger partial charge in [-0.05, 0) is 17.7 Å². The molecule has 1 atom stereocenters. The summed E-state index contributed by atoms with van der Waals surface area (Å²) in [5, 5.41) is 12.0. The summed E-state index contributed by atoms with van der Waals surface area (Å²) in [5.41, 5.74) is 1.38. The lowest BCUT2D eigenvalue weighted by Crippen LogP contribution is -2.02. The van der Waals surface area contributed by atoms with E-state index in [0.717, 1.165) is 10.7 Å². The van der Waals surface area contributed by atoms with E-state index in [4.69, 9.17) is 0 Å². The number of halogens is 1. The van der Waals surface area contributed by atoms with Crippen LogP contribution in [0.25, 0.3) is 4.96 Å². The van der Waals surface area contributed by atoms with Crippen LogP contribution < -0.4 is 0 Å². The fourth-order valence-electron chi connectivity index (χ4n) is 1.90. The van der Waals surface area contributed by atoms with E-state index in [2.05, 4.69) is 4.98 Å². The second-order valence-corrected chi connectivity index (χ2v) is 4.97. The minimum absolute atomic E-state index is 0.336. The number of imidazole rings is 1. The second kappa shape index (κ2) is 4.51. The van der Waals surface area contributed by atoms with E-state index in [0.29, 0.717) is 12.0 Å². The summed E-state index contributed by atoms with van der Waals surface area (Å²) in [6.45, 7) is 0. The molecule has 0 saturated heterocycles. The lowest BCUT2D eigenvalue weighted by Gasteiger charge is -2.08. The smallest absolute Gasteiger partial charge is 0.193 e. The van der Waals surface area contributed by atoms with E-state index >= 15 is 0 Å². The van der Waals surface area contributed by atoms with Crippen molar-refractivity contribution in [2.45, 2.75) is 12.5 Å². The number of hydrogen-bond donors (Lipinski definition) is 1. The molecule has 0 fully saturated rings. The molecule has 0 spiro atoms. The number of benzene rings is 1. The Morgan fingerprint density at radius 3 is 3.11 bits per heavy atom. The van der Waals surface area contributed by atoms with Gasteiger partial charge in [-0.3, -0.25) is 4.40 Å². The van der Waals surface area contributed by atoms with Gasteiger partial charge in [-0.15, -0.1) is 11.3 Å². The molecule has 2 aromatic heterocycles. The Labute approximate surface area is 107 Å². The van der Waals surface area contributed by atoms with Crippen LogP contribution in [0.15, 0.2) is 42.0 Å². The molecule has 0 bridgehead atoms. The Morgan fingerprint density at radius 1 is 1.44 bits per heavy atom. The van der Waals surface area contributed by atoms with Crippen LogP contribution in [0.1, 0.15) is 17.4 Å². The summed E-state index contributed by atoms with van der Waals surface area (Å²) in [7, 11) is 0. The van der Waals surface area contributed by atoms with Crippen molar-refractivity contribution in [3.63, 3.8) is 0 Å². The highest BCUT2D eigenvalue weighted by atomic mass is 32.1. The van der Waals surface area contributed by atoms with Crippen LogP contribution in [-0.4, -0.2) is 14.5 Å². The molecule has 1 N–H and O–H groups in total. The number of aromatic nitrogens is 2. The monoisotopic (exact) mass is 262 g/mol. The van der Waals surface area contributed by atoms with Gasteiger partial charge in [0, 0.05) is 24.2 Å². The maximum atomic E-state index is 13.1. The van der Waals surface area contributed by atoms with Crippen molar-refractivity contribution in [3.05, 3.63) is 59.1 Å². The zero-order chi connectivity index (χ0) is 12.5. The van der Waals surface area contributed by atoms with E-state index in [1.54, 1.807) is 23.5 Å². The molecule has 3 nitrogen and oxygen atoms in total. The molecule has 1 unspecified atom stereocenters. The molecule has 0 saturated carbocycles. The standard InChI is InChI=1S/C13H11FN2OS/c14-10-3-1-2-9(6-10)12(17)7-11-8-16-4-5-18-13(16)15-11/h1-6,8,12,17H,7H2. The zero-order valence-electron chi connectivity index (χ0n) is 9.45. The van der Waals surface area contributed by atoms with Crippen LogP contribution in [0.3, 0.4) is 0 Å². The topological polar surface area (TPSA) is 37.5 Å². The third-order valence-electron chi connectivity index (χ3n) is 2.78. The fraction of sp³-hybridized carbons (Fsp3) is 0.154. The number of nitrogens with zero attached hydrogens (tertiary/aromatic N) is 2. The summed E-state index contributed by atoms with van der Waals surface area (Å²) in [5.74, 6) is -0.336. The molecule has 0 aliphatic carbocycles. The van der Waals surface area contributed by atoms with Crippen LogP contribution in [0.4, 0.5) is 4.39 Å². The summed E-state index contributed by atoms with van der Waals surface area (Å²) >= 11 is 1.54. The quantitative estimate of drug-likeness (QED) is 0.788. The number of aliphatic hydroxyl groups is 1. The fourth-order valence-corrected chi connectivity index (χ4v) is 2.62. The highest BCUT2D eigenvalue weighted by molar-refractivity contribution is 7.15. The summed E-state index contributed by atoms with van der Waals surface area (Å²) < 4.78 is 15.0. The number of fused-ring (bicyclic) bond motifs is 1. The van der Waals surface area contributed by atoms with Gasteiger partial charge in [-0.25, -0.2) is 9.37 Å². The van der Waals surface area contributed by atoms with Crippen molar-refractivity contribution in [1.82, 2.24) is 9.38 Å². The number of hydrogen-bond acceptors (Lipinski definition) is 3. The number of aliphatic hydroxyl groups excluding tert-OH is 1. The molecule has 18 heavy (non-hydrogen) atoms. The van der Waals surface area contributed by atoms with E-state index in [-0.39, 0.29) is 5.82 Å². The van der Waals surface area contributed by atoms with Crippen molar-refractivity contribution in [2.24, 2.45) is 0 Å². The van der Waals surface area contributed by atoms with Gasteiger partial charge in [0.15, 0.2) is 4.96 Å². The van der Waals surface area contributed by atoms with Gasteiger partial charge in [0.25, 0.3) is 0 Å². The molecule has 0 aliphatic rings. The van der Waals surface area contributed by atoms with Crippen molar-refractivity contribution in [1.29, 1.82) is 0 Å². The SMILES string of the molecule is OC(Cc1cn2ccsc2n1)c1cccc(F)c1. The van der Waals surface area contributed by atoms with Crippen LogP contribution in [0.5, 0.6) is 0 Å². The van der Waals surface area contributed by atoms with E-state index in [1.807, 2.05) is 22.2 Å². The summed E-state index contributed by atoms with van der Waals surface area (Å²) in [6, 6.07) is 6.03. The Morgan fingerprint density at radius 2 is 2.33 bits per heavy atom. The van der Waals surface area contributed by atoms with Gasteiger partial charge in [-0.2, -0.15) is 0 Å². The normalized spacial score (nSPS) is 13.0. The summed E-state index contributed by atoms with van der Waals surface area (Å²) in [4.78, 5) is 5.29. The Kier molecular flexibility index (Phi) is 2.85. The van der Waals surface area contributed by atoms with Gasteiger partial charge in [0.2, 0.25) is 0 Å². The van der Waals surface area contributed by atoms with Crippen molar-refractivity contribution in [2.75, 3.05) is 0 Å². The Hall–Kier alpha value is -1.72.